The molecule has 6 heteroatoms. The normalized spacial score (nSPS) is 19.7. The highest BCUT2D eigenvalue weighted by Gasteiger charge is 2.24. The zero-order valence-electron chi connectivity index (χ0n) is 14.1. The second kappa shape index (κ2) is 8.12. The number of ether oxygens (including phenoxy) is 2. The number of hydrogen-bond donors (Lipinski definition) is 1. The standard InChI is InChI=1S/C18H26F2N2O2/c1-23-17-10-14(4-5-16(17)24-18(19)20)12-22-8-6-15(7-9-22)21-11-13-2-3-13/h4-5,10,13,15,18,21H,2-3,6-9,11-12H2,1H3. The Morgan fingerprint density at radius 3 is 2.54 bits per heavy atom. The van der Waals surface area contributed by atoms with Gasteiger partial charge in [0.05, 0.1) is 7.11 Å². The van der Waals surface area contributed by atoms with Crippen LogP contribution in [-0.2, 0) is 6.54 Å². The first-order valence-corrected chi connectivity index (χ1v) is 8.71. The molecule has 0 unspecified atom stereocenters. The number of benzene rings is 1. The van der Waals surface area contributed by atoms with Gasteiger partial charge in [-0.05, 0) is 68.9 Å². The molecule has 0 aromatic heterocycles. The number of nitrogens with one attached hydrogen (secondary N) is 1. The Morgan fingerprint density at radius 1 is 1.17 bits per heavy atom. The lowest BCUT2D eigenvalue weighted by Gasteiger charge is -2.32. The molecule has 0 bridgehead atoms. The van der Waals surface area contributed by atoms with E-state index in [-0.39, 0.29) is 5.75 Å². The largest absolute Gasteiger partial charge is 0.493 e. The van der Waals surface area contributed by atoms with Gasteiger partial charge in [0.1, 0.15) is 0 Å². The molecule has 0 amide bonds. The molecule has 24 heavy (non-hydrogen) atoms. The molecule has 134 valence electrons. The highest BCUT2D eigenvalue weighted by atomic mass is 19.3. The second-order valence-electron chi connectivity index (χ2n) is 6.77. The maximum atomic E-state index is 12.4. The quantitative estimate of drug-likeness (QED) is 0.788. The van der Waals surface area contributed by atoms with Crippen LogP contribution in [0.1, 0.15) is 31.2 Å². The summed E-state index contributed by atoms with van der Waals surface area (Å²) in [5.74, 6) is 1.36. The van der Waals surface area contributed by atoms with Crippen molar-refractivity contribution < 1.29 is 18.3 Å². The van der Waals surface area contributed by atoms with E-state index in [1.54, 1.807) is 12.1 Å². The van der Waals surface area contributed by atoms with Crippen LogP contribution in [0.15, 0.2) is 18.2 Å². The molecule has 1 aromatic carbocycles. The fourth-order valence-electron chi connectivity index (χ4n) is 3.21. The Hall–Kier alpha value is -1.40. The van der Waals surface area contributed by atoms with E-state index in [4.69, 9.17) is 4.74 Å². The van der Waals surface area contributed by atoms with Crippen molar-refractivity contribution in [2.75, 3.05) is 26.7 Å². The number of nitrogens with zero attached hydrogens (tertiary/aromatic N) is 1. The van der Waals surface area contributed by atoms with Crippen molar-refractivity contribution in [1.82, 2.24) is 10.2 Å². The van der Waals surface area contributed by atoms with E-state index < -0.39 is 6.61 Å². The Labute approximate surface area is 142 Å². The van der Waals surface area contributed by atoms with E-state index in [0.29, 0.717) is 11.8 Å². The predicted octanol–water partition coefficient (Wildman–Crippen LogP) is 3.26. The molecule has 1 N–H and O–H groups in total. The van der Waals surface area contributed by atoms with E-state index in [1.807, 2.05) is 6.07 Å². The summed E-state index contributed by atoms with van der Waals surface area (Å²) in [4.78, 5) is 2.40. The average molecular weight is 340 g/mol. The molecule has 1 heterocycles. The van der Waals surface area contributed by atoms with Crippen LogP contribution in [0.5, 0.6) is 11.5 Å². The van der Waals surface area contributed by atoms with Crippen LogP contribution in [0.2, 0.25) is 0 Å². The van der Waals surface area contributed by atoms with Gasteiger partial charge in [0.25, 0.3) is 0 Å². The minimum Gasteiger partial charge on any atom is -0.493 e. The Bertz CT molecular complexity index is 530. The summed E-state index contributed by atoms with van der Waals surface area (Å²) in [6, 6.07) is 5.81. The Kier molecular flexibility index (Phi) is 5.89. The maximum Gasteiger partial charge on any atom is 0.387 e. The first-order chi connectivity index (χ1) is 11.6. The SMILES string of the molecule is COc1cc(CN2CCC(NCC3CC3)CC2)ccc1OC(F)F. The first-order valence-electron chi connectivity index (χ1n) is 8.71. The fraction of sp³-hybridized carbons (Fsp3) is 0.667. The summed E-state index contributed by atoms with van der Waals surface area (Å²) in [6.07, 6.45) is 5.10. The van der Waals surface area contributed by atoms with Gasteiger partial charge in [-0.1, -0.05) is 6.07 Å². The fourth-order valence-corrected chi connectivity index (χ4v) is 3.21. The Balaban J connectivity index is 1.48. The van der Waals surface area contributed by atoms with Crippen LogP contribution in [0.25, 0.3) is 0 Å². The average Bonchev–Trinajstić information content (AvgIpc) is 3.39. The minimum absolute atomic E-state index is 0.0826. The van der Waals surface area contributed by atoms with E-state index in [2.05, 4.69) is 15.0 Å². The predicted molar refractivity (Wildman–Crippen MR) is 88.7 cm³/mol. The number of hydrogen-bond acceptors (Lipinski definition) is 4. The minimum atomic E-state index is -2.84. The van der Waals surface area contributed by atoms with E-state index >= 15 is 0 Å². The van der Waals surface area contributed by atoms with Crippen LogP contribution in [-0.4, -0.2) is 44.3 Å². The van der Waals surface area contributed by atoms with Crippen molar-refractivity contribution >= 4 is 0 Å². The van der Waals surface area contributed by atoms with Crippen molar-refractivity contribution in [2.45, 2.75) is 44.9 Å². The highest BCUT2D eigenvalue weighted by Crippen LogP contribution is 2.30. The summed E-state index contributed by atoms with van der Waals surface area (Å²) in [7, 11) is 1.47. The summed E-state index contributed by atoms with van der Waals surface area (Å²) >= 11 is 0. The van der Waals surface area contributed by atoms with Gasteiger partial charge in [0.2, 0.25) is 0 Å². The molecule has 1 aromatic rings. The Morgan fingerprint density at radius 2 is 1.92 bits per heavy atom. The number of halogens is 2. The third kappa shape index (κ3) is 5.05. The van der Waals surface area contributed by atoms with Crippen molar-refractivity contribution in [2.24, 2.45) is 5.92 Å². The lowest BCUT2D eigenvalue weighted by Crippen LogP contribution is -2.42. The smallest absolute Gasteiger partial charge is 0.387 e. The molecule has 1 aliphatic carbocycles. The molecule has 0 atom stereocenters. The van der Waals surface area contributed by atoms with Gasteiger partial charge in [0, 0.05) is 12.6 Å². The van der Waals surface area contributed by atoms with Gasteiger partial charge in [-0.15, -0.1) is 0 Å². The molecule has 0 radical (unpaired) electrons. The molecule has 4 nitrogen and oxygen atoms in total. The molecular formula is C18H26F2N2O2. The van der Waals surface area contributed by atoms with Crippen LogP contribution < -0.4 is 14.8 Å². The topological polar surface area (TPSA) is 33.7 Å². The first kappa shape index (κ1) is 17.4. The lowest BCUT2D eigenvalue weighted by molar-refractivity contribution is -0.0512. The number of rotatable bonds is 8. The summed E-state index contributed by atoms with van der Waals surface area (Å²) in [5, 5.41) is 3.68. The number of alkyl halides is 2. The monoisotopic (exact) mass is 340 g/mol. The maximum absolute atomic E-state index is 12.4. The molecular weight excluding hydrogens is 314 g/mol. The number of methoxy groups -OCH3 is 1. The zero-order valence-corrected chi connectivity index (χ0v) is 14.1. The number of likely N-dealkylation sites (tertiary alicyclic amines) is 1. The lowest BCUT2D eigenvalue weighted by atomic mass is 10.0. The molecule has 1 saturated carbocycles. The highest BCUT2D eigenvalue weighted by molar-refractivity contribution is 5.43. The van der Waals surface area contributed by atoms with Crippen LogP contribution in [0.3, 0.4) is 0 Å². The molecule has 0 spiro atoms. The van der Waals surface area contributed by atoms with E-state index in [0.717, 1.165) is 44.0 Å². The molecule has 1 aliphatic heterocycles. The third-order valence-electron chi connectivity index (χ3n) is 4.83. The van der Waals surface area contributed by atoms with Crippen molar-refractivity contribution in [1.29, 1.82) is 0 Å². The van der Waals surface area contributed by atoms with Crippen molar-refractivity contribution in [3.05, 3.63) is 23.8 Å². The van der Waals surface area contributed by atoms with Crippen LogP contribution >= 0.6 is 0 Å². The van der Waals surface area contributed by atoms with E-state index in [1.165, 1.54) is 26.5 Å². The summed E-state index contributed by atoms with van der Waals surface area (Å²) in [5.41, 5.74) is 1.05. The van der Waals surface area contributed by atoms with Gasteiger partial charge in [0.15, 0.2) is 11.5 Å². The van der Waals surface area contributed by atoms with Crippen LogP contribution in [0.4, 0.5) is 8.78 Å². The van der Waals surface area contributed by atoms with Gasteiger partial charge < -0.3 is 14.8 Å². The van der Waals surface area contributed by atoms with Gasteiger partial charge >= 0.3 is 6.61 Å². The number of piperidine rings is 1. The molecule has 2 fully saturated rings. The van der Waals surface area contributed by atoms with Crippen LogP contribution in [0, 0.1) is 5.92 Å². The zero-order chi connectivity index (χ0) is 16.9. The second-order valence-corrected chi connectivity index (χ2v) is 6.77. The molecule has 2 aliphatic rings. The van der Waals surface area contributed by atoms with Crippen molar-refractivity contribution in [3.8, 4) is 11.5 Å². The molecule has 3 rings (SSSR count). The van der Waals surface area contributed by atoms with Gasteiger partial charge in [-0.3, -0.25) is 4.90 Å². The van der Waals surface area contributed by atoms with E-state index in [9.17, 15) is 8.78 Å². The summed E-state index contributed by atoms with van der Waals surface area (Å²) in [6.45, 7) is 1.25. The molecule has 1 saturated heterocycles. The third-order valence-corrected chi connectivity index (χ3v) is 4.83. The summed E-state index contributed by atoms with van der Waals surface area (Å²) < 4.78 is 34.4. The van der Waals surface area contributed by atoms with Gasteiger partial charge in [-0.2, -0.15) is 8.78 Å². The van der Waals surface area contributed by atoms with Gasteiger partial charge in [-0.25, -0.2) is 0 Å². The van der Waals surface area contributed by atoms with Crippen molar-refractivity contribution in [3.63, 3.8) is 0 Å².